The summed E-state index contributed by atoms with van der Waals surface area (Å²) in [5.74, 6) is -0.386. The smallest absolute Gasteiger partial charge is 0.265 e. The van der Waals surface area contributed by atoms with E-state index in [2.05, 4.69) is 5.32 Å². The molecule has 0 saturated heterocycles. The van der Waals surface area contributed by atoms with Gasteiger partial charge in [-0.1, -0.05) is 60.1 Å². The molecule has 1 saturated carbocycles. The maximum atomic E-state index is 14.4. The monoisotopic (exact) mass is 725 g/mol. The van der Waals surface area contributed by atoms with Crippen molar-refractivity contribution in [1.82, 2.24) is 10.2 Å². The molecule has 2 amide bonds. The average molecular weight is 727 g/mol. The summed E-state index contributed by atoms with van der Waals surface area (Å²) in [6.45, 7) is 0.803. The Kier molecular flexibility index (Phi) is 12.5. The number of anilines is 1. The quantitative estimate of drug-likeness (QED) is 0.208. The van der Waals surface area contributed by atoms with E-state index in [1.54, 1.807) is 31.2 Å². The van der Waals surface area contributed by atoms with Crippen LogP contribution in [0.1, 0.15) is 44.6 Å². The minimum absolute atomic E-state index is 0.00702. The van der Waals surface area contributed by atoms with E-state index in [4.69, 9.17) is 49.0 Å². The van der Waals surface area contributed by atoms with E-state index < -0.39 is 28.5 Å². The van der Waals surface area contributed by atoms with Crippen LogP contribution in [0.5, 0.6) is 17.2 Å². The molecule has 10 nitrogen and oxygen atoms in total. The lowest BCUT2D eigenvalue weighted by Gasteiger charge is -2.33. The summed E-state index contributed by atoms with van der Waals surface area (Å²) in [4.78, 5) is 29.1. The molecule has 0 radical (unpaired) electrons. The number of carbonyl (C=O) groups is 2. The van der Waals surface area contributed by atoms with E-state index in [0.29, 0.717) is 21.4 Å². The van der Waals surface area contributed by atoms with Gasteiger partial charge in [0.1, 0.15) is 18.3 Å². The average Bonchev–Trinajstić information content (AvgIpc) is 3.06. The van der Waals surface area contributed by atoms with Crippen LogP contribution in [0, 0.1) is 0 Å². The molecule has 47 heavy (non-hydrogen) atoms. The van der Waals surface area contributed by atoms with E-state index >= 15 is 0 Å². The molecule has 14 heteroatoms. The summed E-state index contributed by atoms with van der Waals surface area (Å²) < 4.78 is 45.8. The van der Waals surface area contributed by atoms with Crippen molar-refractivity contribution in [3.63, 3.8) is 0 Å². The summed E-state index contributed by atoms with van der Waals surface area (Å²) in [5.41, 5.74) is 0.545. The predicted octanol–water partition coefficient (Wildman–Crippen LogP) is 6.73. The fraction of sp³-hybridized carbons (Fsp3) is 0.394. The lowest BCUT2D eigenvalue weighted by atomic mass is 9.95. The largest absolute Gasteiger partial charge is 0.495 e. The van der Waals surface area contributed by atoms with Crippen molar-refractivity contribution < 1.29 is 32.2 Å². The summed E-state index contributed by atoms with van der Waals surface area (Å²) in [6, 6.07) is 12.4. The summed E-state index contributed by atoms with van der Waals surface area (Å²) in [7, 11) is -0.285. The van der Waals surface area contributed by atoms with E-state index in [9.17, 15) is 18.0 Å². The molecular weight excluding hydrogens is 689 g/mol. The van der Waals surface area contributed by atoms with Gasteiger partial charge in [-0.25, -0.2) is 8.42 Å². The predicted molar refractivity (Wildman–Crippen MR) is 184 cm³/mol. The minimum Gasteiger partial charge on any atom is -0.495 e. The fourth-order valence-corrected chi connectivity index (χ4v) is 7.53. The molecular formula is C33H38Cl3N3O7S. The van der Waals surface area contributed by atoms with Crippen molar-refractivity contribution in [2.24, 2.45) is 0 Å². The number of benzene rings is 3. The lowest BCUT2D eigenvalue weighted by molar-refractivity contribution is -0.139. The third-order valence-corrected chi connectivity index (χ3v) is 10.7. The molecule has 0 aromatic heterocycles. The van der Waals surface area contributed by atoms with Crippen LogP contribution in [-0.4, -0.2) is 65.1 Å². The Balaban J connectivity index is 1.78. The molecule has 4 rings (SSSR count). The van der Waals surface area contributed by atoms with Crippen LogP contribution in [0.25, 0.3) is 0 Å². The number of nitrogens with one attached hydrogen (secondary N) is 1. The molecule has 1 atom stereocenters. The molecule has 3 aromatic rings. The molecule has 0 aliphatic heterocycles. The Labute approximate surface area is 290 Å². The van der Waals surface area contributed by atoms with Gasteiger partial charge >= 0.3 is 0 Å². The Morgan fingerprint density at radius 3 is 2.11 bits per heavy atom. The van der Waals surface area contributed by atoms with Crippen LogP contribution >= 0.6 is 34.8 Å². The highest BCUT2D eigenvalue weighted by atomic mass is 35.5. The highest BCUT2D eigenvalue weighted by molar-refractivity contribution is 7.92. The van der Waals surface area contributed by atoms with Crippen molar-refractivity contribution in [3.8, 4) is 17.2 Å². The van der Waals surface area contributed by atoms with Crippen LogP contribution in [0.4, 0.5) is 5.69 Å². The number of ether oxygens (including phenoxy) is 3. The van der Waals surface area contributed by atoms with Crippen LogP contribution in [0.3, 0.4) is 0 Å². The third kappa shape index (κ3) is 8.76. The van der Waals surface area contributed by atoms with E-state index in [0.717, 1.165) is 36.4 Å². The van der Waals surface area contributed by atoms with Gasteiger partial charge < -0.3 is 24.4 Å². The SMILES string of the molecule is COc1ccc(S(=O)(=O)N(CC(=O)N(Cc2ccc(Cl)cc2Cl)[C@H](C)C(=O)NC2CCCCC2)c2cc(Cl)ccc2OC)cc1OC. The standard InChI is InChI=1S/C33H38Cl3N3O7S/c1-21(33(41)37-25-8-6-5-7-9-25)38(19-22-10-11-23(34)16-27(22)36)32(40)20-39(28-17-24(35)12-14-29(28)44-2)47(42,43)26-13-15-30(45-3)31(18-26)46-4/h10-18,21,25H,5-9,19-20H2,1-4H3,(H,37,41)/t21-/m1/s1. The maximum Gasteiger partial charge on any atom is 0.265 e. The number of rotatable bonds is 13. The second-order valence-electron chi connectivity index (χ2n) is 11.1. The zero-order valence-corrected chi connectivity index (χ0v) is 29.7. The van der Waals surface area contributed by atoms with Gasteiger partial charge in [0, 0.05) is 33.7 Å². The molecule has 1 aliphatic carbocycles. The number of halogens is 3. The highest BCUT2D eigenvalue weighted by Gasteiger charge is 2.35. The van der Waals surface area contributed by atoms with Crippen LogP contribution < -0.4 is 23.8 Å². The lowest BCUT2D eigenvalue weighted by Crippen LogP contribution is -2.53. The summed E-state index contributed by atoms with van der Waals surface area (Å²) >= 11 is 19.0. The van der Waals surface area contributed by atoms with Crippen molar-refractivity contribution in [2.75, 3.05) is 32.2 Å². The number of carbonyl (C=O) groups excluding carboxylic acids is 2. The van der Waals surface area contributed by atoms with Crippen molar-refractivity contribution in [2.45, 2.75) is 62.6 Å². The maximum absolute atomic E-state index is 14.4. The topological polar surface area (TPSA) is 114 Å². The molecule has 0 bridgehead atoms. The van der Waals surface area contributed by atoms with Gasteiger partial charge in [0.2, 0.25) is 11.8 Å². The fourth-order valence-electron chi connectivity index (χ4n) is 5.46. The molecule has 1 aliphatic rings. The first kappa shape index (κ1) is 36.5. The van der Waals surface area contributed by atoms with Gasteiger partial charge in [-0.2, -0.15) is 0 Å². The third-order valence-electron chi connectivity index (χ3n) is 8.11. The Morgan fingerprint density at radius 1 is 0.851 bits per heavy atom. The Hall–Kier alpha value is -3.38. The van der Waals surface area contributed by atoms with Crippen LogP contribution in [0.15, 0.2) is 59.5 Å². The van der Waals surface area contributed by atoms with Gasteiger partial charge in [0.25, 0.3) is 10.0 Å². The molecule has 254 valence electrons. The molecule has 0 heterocycles. The molecule has 1 N–H and O–H groups in total. The van der Waals surface area contributed by atoms with Gasteiger partial charge in [-0.15, -0.1) is 0 Å². The normalized spacial score (nSPS) is 14.2. The highest BCUT2D eigenvalue weighted by Crippen LogP contribution is 2.37. The van der Waals surface area contributed by atoms with Crippen molar-refractivity contribution >= 4 is 62.3 Å². The molecule has 0 spiro atoms. The zero-order chi connectivity index (χ0) is 34.3. The number of sulfonamides is 1. The number of hydrogen-bond acceptors (Lipinski definition) is 7. The second kappa shape index (κ2) is 16.1. The summed E-state index contributed by atoms with van der Waals surface area (Å²) in [6.07, 6.45) is 4.82. The van der Waals surface area contributed by atoms with Gasteiger partial charge in [0.05, 0.1) is 31.9 Å². The van der Waals surface area contributed by atoms with Crippen molar-refractivity contribution in [1.29, 1.82) is 0 Å². The molecule has 1 fully saturated rings. The number of nitrogens with zero attached hydrogens (tertiary/aromatic N) is 2. The first-order valence-corrected chi connectivity index (χ1v) is 17.6. The van der Waals surface area contributed by atoms with Gasteiger partial charge in [-0.3, -0.25) is 13.9 Å². The van der Waals surface area contributed by atoms with E-state index in [1.165, 1.54) is 56.6 Å². The van der Waals surface area contributed by atoms with Gasteiger partial charge in [0.15, 0.2) is 11.5 Å². The number of methoxy groups -OCH3 is 3. The molecule has 0 unspecified atom stereocenters. The first-order valence-electron chi connectivity index (χ1n) is 15.0. The number of hydrogen-bond donors (Lipinski definition) is 1. The molecule has 3 aromatic carbocycles. The summed E-state index contributed by atoms with van der Waals surface area (Å²) in [5, 5.41) is 3.98. The first-order chi connectivity index (χ1) is 22.4. The van der Waals surface area contributed by atoms with E-state index in [-0.39, 0.29) is 45.6 Å². The zero-order valence-electron chi connectivity index (χ0n) is 26.6. The van der Waals surface area contributed by atoms with Crippen LogP contribution in [-0.2, 0) is 26.2 Å². The van der Waals surface area contributed by atoms with E-state index in [1.807, 2.05) is 0 Å². The van der Waals surface area contributed by atoms with Crippen LogP contribution in [0.2, 0.25) is 15.1 Å². The second-order valence-corrected chi connectivity index (χ2v) is 14.3. The number of amides is 2. The minimum atomic E-state index is -4.48. The van der Waals surface area contributed by atoms with Crippen molar-refractivity contribution in [3.05, 3.63) is 75.2 Å². The Morgan fingerprint density at radius 2 is 1.47 bits per heavy atom. The van der Waals surface area contributed by atoms with Gasteiger partial charge in [-0.05, 0) is 67.8 Å². The Bertz CT molecular complexity index is 1700.